The van der Waals surface area contributed by atoms with Crippen LogP contribution in [0.5, 0.6) is 0 Å². The lowest BCUT2D eigenvalue weighted by molar-refractivity contribution is -0.138. The standard InChI is InChI=1S/C28H35N5O/c29-14-20-1-3-21(4-2-20)17-33-19-30-15-26(33)16-31-25-5-6-32(18-25)27(34)13-28-10-22-7-23(11-28)9-24(8-22)12-28/h1-4,15,19,22-25,31H,5-13,16-18H2. The number of aromatic nitrogens is 2. The van der Waals surface area contributed by atoms with Gasteiger partial charge in [0, 0.05) is 44.8 Å². The van der Waals surface area contributed by atoms with E-state index in [0.717, 1.165) is 68.0 Å². The minimum Gasteiger partial charge on any atom is -0.341 e. The van der Waals surface area contributed by atoms with Gasteiger partial charge in [0.1, 0.15) is 0 Å². The van der Waals surface area contributed by atoms with Gasteiger partial charge in [-0.3, -0.25) is 4.79 Å². The van der Waals surface area contributed by atoms with Crippen LogP contribution in [-0.4, -0.2) is 39.5 Å². The number of imidazole rings is 1. The third-order valence-electron chi connectivity index (χ3n) is 9.04. The smallest absolute Gasteiger partial charge is 0.223 e. The third kappa shape index (κ3) is 4.38. The number of hydrogen-bond donors (Lipinski definition) is 1. The topological polar surface area (TPSA) is 74.0 Å². The molecular formula is C28H35N5O. The first-order chi connectivity index (χ1) is 16.6. The molecular weight excluding hydrogens is 422 g/mol. The number of likely N-dealkylation sites (tertiary alicyclic amines) is 1. The molecule has 4 bridgehead atoms. The highest BCUT2D eigenvalue weighted by molar-refractivity contribution is 5.77. The highest BCUT2D eigenvalue weighted by atomic mass is 16.2. The first kappa shape index (κ1) is 21.9. The molecule has 1 atom stereocenters. The highest BCUT2D eigenvalue weighted by Crippen LogP contribution is 2.61. The maximum absolute atomic E-state index is 13.3. The van der Waals surface area contributed by atoms with Crippen LogP contribution in [0.3, 0.4) is 0 Å². The van der Waals surface area contributed by atoms with Crippen molar-refractivity contribution >= 4 is 5.91 Å². The molecule has 1 aliphatic heterocycles. The maximum Gasteiger partial charge on any atom is 0.223 e. The van der Waals surface area contributed by atoms with Crippen molar-refractivity contribution in [3.8, 4) is 6.07 Å². The second kappa shape index (κ2) is 8.85. The predicted molar refractivity (Wildman–Crippen MR) is 130 cm³/mol. The zero-order valence-corrected chi connectivity index (χ0v) is 20.0. The fourth-order valence-electron chi connectivity index (χ4n) is 7.86. The van der Waals surface area contributed by atoms with Gasteiger partial charge in [-0.05, 0) is 85.8 Å². The minimum absolute atomic E-state index is 0.329. The van der Waals surface area contributed by atoms with E-state index in [1.807, 2.05) is 36.8 Å². The van der Waals surface area contributed by atoms with Gasteiger partial charge in [0.05, 0.1) is 23.7 Å². The Hall–Kier alpha value is -2.65. The van der Waals surface area contributed by atoms with Gasteiger partial charge in [0.15, 0.2) is 0 Å². The Kier molecular flexibility index (Phi) is 5.69. The van der Waals surface area contributed by atoms with Crippen LogP contribution in [0.2, 0.25) is 0 Å². The lowest BCUT2D eigenvalue weighted by Gasteiger charge is -2.56. The Balaban J connectivity index is 1.01. The van der Waals surface area contributed by atoms with E-state index in [-0.39, 0.29) is 0 Å². The van der Waals surface area contributed by atoms with Gasteiger partial charge >= 0.3 is 0 Å². The summed E-state index contributed by atoms with van der Waals surface area (Å²) in [4.78, 5) is 19.8. The molecule has 1 aromatic carbocycles. The van der Waals surface area contributed by atoms with Crippen LogP contribution < -0.4 is 5.32 Å². The first-order valence-corrected chi connectivity index (χ1v) is 13.1. The van der Waals surface area contributed by atoms with Crippen LogP contribution in [0.25, 0.3) is 0 Å². The minimum atomic E-state index is 0.329. The van der Waals surface area contributed by atoms with E-state index in [1.54, 1.807) is 0 Å². The third-order valence-corrected chi connectivity index (χ3v) is 9.04. The summed E-state index contributed by atoms with van der Waals surface area (Å²) >= 11 is 0. The van der Waals surface area contributed by atoms with Crippen LogP contribution >= 0.6 is 0 Å². The number of rotatable bonds is 7. The van der Waals surface area contributed by atoms with Crippen molar-refractivity contribution in [1.29, 1.82) is 5.26 Å². The average molecular weight is 458 g/mol. The molecule has 1 amide bonds. The summed E-state index contributed by atoms with van der Waals surface area (Å²) in [6.45, 7) is 3.20. The molecule has 6 nitrogen and oxygen atoms in total. The molecule has 178 valence electrons. The Labute approximate surface area is 202 Å². The molecule has 7 rings (SSSR count). The zero-order valence-electron chi connectivity index (χ0n) is 20.0. The van der Waals surface area contributed by atoms with Gasteiger partial charge in [0.25, 0.3) is 0 Å². The number of hydrogen-bond acceptors (Lipinski definition) is 4. The monoisotopic (exact) mass is 457 g/mol. The second-order valence-corrected chi connectivity index (χ2v) is 11.6. The maximum atomic E-state index is 13.3. The van der Waals surface area contributed by atoms with Crippen molar-refractivity contribution in [3.63, 3.8) is 0 Å². The van der Waals surface area contributed by atoms with E-state index in [1.165, 1.54) is 38.5 Å². The van der Waals surface area contributed by atoms with E-state index in [0.29, 0.717) is 22.9 Å². The van der Waals surface area contributed by atoms with Gasteiger partial charge in [-0.15, -0.1) is 0 Å². The normalized spacial score (nSPS) is 31.7. The van der Waals surface area contributed by atoms with Crippen molar-refractivity contribution < 1.29 is 4.79 Å². The molecule has 1 aromatic heterocycles. The fourth-order valence-corrected chi connectivity index (χ4v) is 7.86. The second-order valence-electron chi connectivity index (χ2n) is 11.6. The molecule has 1 N–H and O–H groups in total. The average Bonchev–Trinajstić information content (AvgIpc) is 3.46. The zero-order chi connectivity index (χ0) is 23.1. The van der Waals surface area contributed by atoms with E-state index >= 15 is 0 Å². The van der Waals surface area contributed by atoms with Crippen molar-refractivity contribution in [2.24, 2.45) is 23.2 Å². The van der Waals surface area contributed by atoms with Gasteiger partial charge in [-0.2, -0.15) is 5.26 Å². The van der Waals surface area contributed by atoms with Gasteiger partial charge in [0.2, 0.25) is 5.91 Å². The predicted octanol–water partition coefficient (Wildman–Crippen LogP) is 4.10. The Bertz CT molecular complexity index is 1050. The highest BCUT2D eigenvalue weighted by Gasteiger charge is 2.51. The van der Waals surface area contributed by atoms with Gasteiger partial charge in [-0.1, -0.05) is 12.1 Å². The lowest BCUT2D eigenvalue weighted by atomic mass is 9.49. The lowest BCUT2D eigenvalue weighted by Crippen LogP contribution is -2.48. The van der Waals surface area contributed by atoms with Crippen LogP contribution in [0.1, 0.15) is 68.2 Å². The summed E-state index contributed by atoms with van der Waals surface area (Å²) in [5, 5.41) is 12.7. The van der Waals surface area contributed by atoms with Crippen LogP contribution in [-0.2, 0) is 17.9 Å². The van der Waals surface area contributed by atoms with Crippen molar-refractivity contribution in [2.75, 3.05) is 13.1 Å². The molecule has 0 spiro atoms. The number of nitrogens with one attached hydrogen (secondary N) is 1. The van der Waals surface area contributed by atoms with E-state index in [4.69, 9.17) is 5.26 Å². The van der Waals surface area contributed by atoms with Gasteiger partial charge < -0.3 is 14.8 Å². The summed E-state index contributed by atoms with van der Waals surface area (Å²) in [7, 11) is 0. The molecule has 1 saturated heterocycles. The Morgan fingerprint density at radius 2 is 1.82 bits per heavy atom. The number of carbonyl (C=O) groups excluding carboxylic acids is 1. The summed E-state index contributed by atoms with van der Waals surface area (Å²) in [6.07, 6.45) is 13.8. The molecule has 1 unspecified atom stereocenters. The first-order valence-electron chi connectivity index (χ1n) is 13.1. The molecule has 4 saturated carbocycles. The van der Waals surface area contributed by atoms with Crippen LogP contribution in [0, 0.1) is 34.5 Å². The Morgan fingerprint density at radius 3 is 2.50 bits per heavy atom. The largest absolute Gasteiger partial charge is 0.341 e. The van der Waals surface area contributed by atoms with Crippen molar-refractivity contribution in [2.45, 2.75) is 70.5 Å². The molecule has 34 heavy (non-hydrogen) atoms. The summed E-state index contributed by atoms with van der Waals surface area (Å²) < 4.78 is 2.15. The SMILES string of the molecule is N#Cc1ccc(Cn2cncc2CNC2CCN(C(=O)CC34CC5CC(CC(C5)C3)C4)C2)cc1. The molecule has 4 aliphatic carbocycles. The number of carbonyl (C=O) groups is 1. The van der Waals surface area contributed by atoms with E-state index in [2.05, 4.69) is 25.8 Å². The van der Waals surface area contributed by atoms with E-state index in [9.17, 15) is 4.79 Å². The van der Waals surface area contributed by atoms with Crippen molar-refractivity contribution in [1.82, 2.24) is 19.8 Å². The summed E-state index contributed by atoms with van der Waals surface area (Å²) in [5.74, 6) is 3.11. The van der Waals surface area contributed by atoms with E-state index < -0.39 is 0 Å². The number of amides is 1. The molecule has 0 radical (unpaired) electrons. The molecule has 6 heteroatoms. The number of benzene rings is 1. The number of nitriles is 1. The van der Waals surface area contributed by atoms with Crippen LogP contribution in [0.4, 0.5) is 0 Å². The van der Waals surface area contributed by atoms with Gasteiger partial charge in [-0.25, -0.2) is 4.98 Å². The molecule has 5 fully saturated rings. The molecule has 2 heterocycles. The summed E-state index contributed by atoms with van der Waals surface area (Å²) in [6, 6.07) is 10.2. The van der Waals surface area contributed by atoms with Crippen molar-refractivity contribution in [3.05, 3.63) is 53.6 Å². The Morgan fingerprint density at radius 1 is 1.12 bits per heavy atom. The number of nitrogens with zero attached hydrogens (tertiary/aromatic N) is 4. The summed E-state index contributed by atoms with van der Waals surface area (Å²) in [5.41, 5.74) is 3.30. The van der Waals surface area contributed by atoms with Crippen LogP contribution in [0.15, 0.2) is 36.8 Å². The quantitative estimate of drug-likeness (QED) is 0.679. The molecule has 5 aliphatic rings. The molecule has 2 aromatic rings. The fraction of sp³-hybridized carbons (Fsp3) is 0.607.